The van der Waals surface area contributed by atoms with Gasteiger partial charge in [-0.15, -0.1) is 10.2 Å². The van der Waals surface area contributed by atoms with Crippen LogP contribution in [0.4, 0.5) is 0 Å². The van der Waals surface area contributed by atoms with Crippen LogP contribution in [-0.4, -0.2) is 33.4 Å². The molecule has 2 aromatic rings. The molecule has 5 nitrogen and oxygen atoms in total. The van der Waals surface area contributed by atoms with E-state index in [2.05, 4.69) is 31.2 Å². The number of hydrogen-bond acceptors (Lipinski definition) is 5. The van der Waals surface area contributed by atoms with Gasteiger partial charge in [0.1, 0.15) is 5.75 Å². The Morgan fingerprint density at radius 2 is 2.14 bits per heavy atom. The lowest BCUT2D eigenvalue weighted by molar-refractivity contribution is 0.241. The topological polar surface area (TPSA) is 52.3 Å². The zero-order chi connectivity index (χ0) is 15.4. The molecule has 0 saturated heterocycles. The summed E-state index contributed by atoms with van der Waals surface area (Å²) in [5, 5.41) is 13.2. The molecular formula is C14H17BrN4OS. The average Bonchev–Trinajstić information content (AvgIpc) is 2.79. The second-order valence-electron chi connectivity index (χ2n) is 4.65. The van der Waals surface area contributed by atoms with Crippen molar-refractivity contribution in [3.63, 3.8) is 0 Å². The highest BCUT2D eigenvalue weighted by molar-refractivity contribution is 9.10. The van der Waals surface area contributed by atoms with E-state index >= 15 is 0 Å². The minimum atomic E-state index is 0.143. The number of rotatable bonds is 5. The Morgan fingerprint density at radius 1 is 1.38 bits per heavy atom. The molecule has 2 rings (SSSR count). The molecular weight excluding hydrogens is 352 g/mol. The van der Waals surface area contributed by atoms with Gasteiger partial charge in [0, 0.05) is 0 Å². The summed E-state index contributed by atoms with van der Waals surface area (Å²) in [7, 11) is 0. The summed E-state index contributed by atoms with van der Waals surface area (Å²) < 4.78 is 8.31. The molecule has 0 aliphatic heterocycles. The van der Waals surface area contributed by atoms with Crippen molar-refractivity contribution in [1.82, 2.24) is 14.9 Å². The van der Waals surface area contributed by atoms with Gasteiger partial charge in [0.15, 0.2) is 5.82 Å². The Morgan fingerprint density at radius 3 is 2.76 bits per heavy atom. The lowest BCUT2D eigenvalue weighted by Crippen LogP contribution is -2.06. The predicted molar refractivity (Wildman–Crippen MR) is 89.4 cm³/mol. The molecule has 1 aromatic heterocycles. The molecule has 0 radical (unpaired) electrons. The van der Waals surface area contributed by atoms with Crippen LogP contribution in [-0.2, 0) is 0 Å². The molecule has 0 N–H and O–H groups in total. The van der Waals surface area contributed by atoms with Gasteiger partial charge < -0.3 is 4.74 Å². The third kappa shape index (κ3) is 4.07. The fraction of sp³-hybridized carbons (Fsp3) is 0.357. The number of aromatic nitrogens is 3. The van der Waals surface area contributed by atoms with Crippen molar-refractivity contribution in [1.29, 1.82) is 0 Å². The Kier molecular flexibility index (Phi) is 5.41. The molecule has 112 valence electrons. The molecule has 1 aromatic carbocycles. The van der Waals surface area contributed by atoms with Crippen molar-refractivity contribution in [2.24, 2.45) is 5.10 Å². The van der Waals surface area contributed by atoms with Crippen molar-refractivity contribution in [3.8, 4) is 5.75 Å². The lowest BCUT2D eigenvalue weighted by Gasteiger charge is -2.11. The molecule has 0 aliphatic rings. The predicted octanol–water partition coefficient (Wildman–Crippen LogP) is 3.74. The number of ether oxygens (including phenoxy) is 1. The van der Waals surface area contributed by atoms with Crippen LogP contribution in [0.1, 0.15) is 25.2 Å². The third-order valence-corrected chi connectivity index (χ3v) is 3.83. The first-order chi connectivity index (χ1) is 10.0. The Bertz CT molecular complexity index is 654. The third-order valence-electron chi connectivity index (χ3n) is 2.59. The highest BCUT2D eigenvalue weighted by Gasteiger charge is 2.06. The summed E-state index contributed by atoms with van der Waals surface area (Å²) in [6, 6.07) is 5.87. The van der Waals surface area contributed by atoms with E-state index in [1.165, 1.54) is 11.8 Å². The first-order valence-corrected chi connectivity index (χ1v) is 8.49. The zero-order valence-corrected chi connectivity index (χ0v) is 14.8. The SMILES string of the molecule is CSc1nnc(C)n1/N=C\c1ccc(OC(C)C)c(Br)c1. The van der Waals surface area contributed by atoms with Gasteiger partial charge in [-0.2, -0.15) is 9.78 Å². The second-order valence-corrected chi connectivity index (χ2v) is 6.27. The van der Waals surface area contributed by atoms with Crippen LogP contribution in [0.3, 0.4) is 0 Å². The molecule has 0 bridgehead atoms. The van der Waals surface area contributed by atoms with Gasteiger partial charge in [-0.25, -0.2) is 0 Å². The molecule has 0 atom stereocenters. The fourth-order valence-electron chi connectivity index (χ4n) is 1.67. The smallest absolute Gasteiger partial charge is 0.211 e. The maximum Gasteiger partial charge on any atom is 0.211 e. The van der Waals surface area contributed by atoms with Crippen LogP contribution in [0, 0.1) is 6.92 Å². The molecule has 0 spiro atoms. The fourth-order valence-corrected chi connectivity index (χ4v) is 2.63. The molecule has 7 heteroatoms. The molecule has 0 saturated carbocycles. The van der Waals surface area contributed by atoms with Crippen LogP contribution >= 0.6 is 27.7 Å². The normalized spacial score (nSPS) is 11.5. The molecule has 1 heterocycles. The summed E-state index contributed by atoms with van der Waals surface area (Å²) >= 11 is 5.02. The summed E-state index contributed by atoms with van der Waals surface area (Å²) in [5.74, 6) is 1.59. The van der Waals surface area contributed by atoms with Crippen LogP contribution in [0.25, 0.3) is 0 Å². The highest BCUT2D eigenvalue weighted by atomic mass is 79.9. The average molecular weight is 369 g/mol. The molecule has 0 unspecified atom stereocenters. The van der Waals surface area contributed by atoms with Crippen LogP contribution < -0.4 is 4.74 Å². The van der Waals surface area contributed by atoms with Crippen LogP contribution in [0.5, 0.6) is 5.75 Å². The van der Waals surface area contributed by atoms with Crippen molar-refractivity contribution >= 4 is 33.9 Å². The van der Waals surface area contributed by atoms with Crippen LogP contribution in [0.15, 0.2) is 32.9 Å². The zero-order valence-electron chi connectivity index (χ0n) is 12.4. The van der Waals surface area contributed by atoms with E-state index in [-0.39, 0.29) is 6.10 Å². The summed E-state index contributed by atoms with van der Waals surface area (Å²) in [6.07, 6.45) is 3.87. The number of benzene rings is 1. The molecule has 0 fully saturated rings. The number of nitrogens with zero attached hydrogens (tertiary/aromatic N) is 4. The van der Waals surface area contributed by atoms with E-state index in [0.717, 1.165) is 26.8 Å². The number of halogens is 1. The van der Waals surface area contributed by atoms with E-state index in [9.17, 15) is 0 Å². The standard InChI is InChI=1S/C14H17BrN4OS/c1-9(2)20-13-6-5-11(7-12(13)15)8-16-19-10(3)17-18-14(19)21-4/h5-9H,1-4H3/b16-8-. The second kappa shape index (κ2) is 7.09. The van der Waals surface area contributed by atoms with Crippen molar-refractivity contribution in [2.45, 2.75) is 32.0 Å². The minimum absolute atomic E-state index is 0.143. The van der Waals surface area contributed by atoms with E-state index in [1.807, 2.05) is 45.2 Å². The van der Waals surface area contributed by atoms with Crippen molar-refractivity contribution in [3.05, 3.63) is 34.1 Å². The van der Waals surface area contributed by atoms with Crippen LogP contribution in [0.2, 0.25) is 0 Å². The van der Waals surface area contributed by atoms with Crippen molar-refractivity contribution in [2.75, 3.05) is 6.26 Å². The van der Waals surface area contributed by atoms with E-state index in [0.29, 0.717) is 0 Å². The van der Waals surface area contributed by atoms with Gasteiger partial charge in [0.2, 0.25) is 5.16 Å². The van der Waals surface area contributed by atoms with Crippen molar-refractivity contribution < 1.29 is 4.74 Å². The monoisotopic (exact) mass is 368 g/mol. The summed E-state index contributed by atoms with van der Waals surface area (Å²) in [6.45, 7) is 5.88. The number of thioether (sulfide) groups is 1. The lowest BCUT2D eigenvalue weighted by atomic mass is 10.2. The van der Waals surface area contributed by atoms with Gasteiger partial charge in [0.25, 0.3) is 0 Å². The first kappa shape index (κ1) is 16.0. The number of aryl methyl sites for hydroxylation is 1. The Labute approximate surface area is 136 Å². The van der Waals surface area contributed by atoms with E-state index < -0.39 is 0 Å². The van der Waals surface area contributed by atoms with Gasteiger partial charge >= 0.3 is 0 Å². The Balaban J connectivity index is 2.21. The summed E-state index contributed by atoms with van der Waals surface area (Å²) in [4.78, 5) is 0. The van der Waals surface area contributed by atoms with Gasteiger partial charge in [-0.05, 0) is 66.7 Å². The molecule has 0 amide bonds. The Hall–Kier alpha value is -1.34. The highest BCUT2D eigenvalue weighted by Crippen LogP contribution is 2.26. The first-order valence-electron chi connectivity index (χ1n) is 6.48. The molecule has 21 heavy (non-hydrogen) atoms. The van der Waals surface area contributed by atoms with Gasteiger partial charge in [-0.1, -0.05) is 11.8 Å². The molecule has 0 aliphatic carbocycles. The maximum absolute atomic E-state index is 5.69. The summed E-state index contributed by atoms with van der Waals surface area (Å²) in [5.41, 5.74) is 0.970. The number of hydrogen-bond donors (Lipinski definition) is 0. The van der Waals surface area contributed by atoms with Gasteiger partial charge in [0.05, 0.1) is 16.8 Å². The maximum atomic E-state index is 5.69. The van der Waals surface area contributed by atoms with Gasteiger partial charge in [-0.3, -0.25) is 0 Å². The van der Waals surface area contributed by atoms with E-state index in [1.54, 1.807) is 10.9 Å². The quantitative estimate of drug-likeness (QED) is 0.595. The minimum Gasteiger partial charge on any atom is -0.490 e. The van der Waals surface area contributed by atoms with E-state index in [4.69, 9.17) is 4.74 Å². The largest absolute Gasteiger partial charge is 0.490 e.